The molecule has 0 radical (unpaired) electrons. The summed E-state index contributed by atoms with van der Waals surface area (Å²) in [6.07, 6.45) is 2.76. The van der Waals surface area contributed by atoms with Crippen LogP contribution in [0.15, 0.2) is 72.8 Å². The van der Waals surface area contributed by atoms with Crippen molar-refractivity contribution >= 4 is 46.0 Å². The number of hydrogen-bond donors (Lipinski definition) is 1. The summed E-state index contributed by atoms with van der Waals surface area (Å²) >= 11 is 5.79. The second kappa shape index (κ2) is 8.14. The number of nitrogens with one attached hydrogen (secondary N) is 1. The number of para-hydroxylation sites is 1. The lowest BCUT2D eigenvalue weighted by Gasteiger charge is -2.01. The van der Waals surface area contributed by atoms with Crippen LogP contribution in [0.25, 0.3) is 22.8 Å². The average molecular weight is 420 g/mol. The Kier molecular flexibility index (Phi) is 5.23. The summed E-state index contributed by atoms with van der Waals surface area (Å²) in [4.78, 5) is 24.2. The topological polar surface area (TPSA) is 103 Å². The largest absolute Gasteiger partial charge is 0.322 e. The summed E-state index contributed by atoms with van der Waals surface area (Å²) < 4.78 is 0. The Balaban J connectivity index is 1.50. The number of carbonyl (C=O) groups is 1. The lowest BCUT2D eigenvalue weighted by atomic mass is 10.2. The van der Waals surface area contributed by atoms with Crippen LogP contribution in [0.2, 0.25) is 5.02 Å². The number of benzene rings is 3. The first kappa shape index (κ1) is 19.3. The molecule has 0 unspecified atom stereocenters. The number of rotatable bonds is 5. The van der Waals surface area contributed by atoms with Crippen molar-refractivity contribution in [2.75, 3.05) is 5.32 Å². The molecule has 1 aromatic heterocycles. The van der Waals surface area contributed by atoms with E-state index in [2.05, 4.69) is 15.5 Å². The van der Waals surface area contributed by atoms with Gasteiger partial charge in [-0.25, -0.2) is 0 Å². The molecule has 0 fully saturated rings. The molecule has 1 amide bonds. The van der Waals surface area contributed by atoms with Gasteiger partial charge in [0.1, 0.15) is 16.1 Å². The Morgan fingerprint density at radius 3 is 2.57 bits per heavy atom. The number of fused-ring (bicyclic) bond motifs is 1. The Morgan fingerprint density at radius 2 is 1.80 bits per heavy atom. The number of aromatic nitrogens is 3. The fourth-order valence-electron chi connectivity index (χ4n) is 2.80. The molecule has 8 nitrogen and oxygen atoms in total. The summed E-state index contributed by atoms with van der Waals surface area (Å²) in [6.45, 7) is 0. The third kappa shape index (κ3) is 4.18. The molecule has 3 aromatic carbocycles. The van der Waals surface area contributed by atoms with Crippen LogP contribution in [0.1, 0.15) is 5.56 Å². The van der Waals surface area contributed by atoms with Crippen LogP contribution in [0.3, 0.4) is 0 Å². The van der Waals surface area contributed by atoms with Crippen LogP contribution in [-0.2, 0) is 4.79 Å². The van der Waals surface area contributed by atoms with Crippen molar-refractivity contribution in [3.63, 3.8) is 0 Å². The highest BCUT2D eigenvalue weighted by molar-refractivity contribution is 6.32. The van der Waals surface area contributed by atoms with Crippen molar-refractivity contribution in [1.82, 2.24) is 15.0 Å². The normalized spacial score (nSPS) is 11.1. The van der Waals surface area contributed by atoms with Gasteiger partial charge in [-0.3, -0.25) is 14.9 Å². The van der Waals surface area contributed by atoms with Crippen molar-refractivity contribution in [3.05, 3.63) is 93.5 Å². The lowest BCUT2D eigenvalue weighted by Crippen LogP contribution is -2.07. The van der Waals surface area contributed by atoms with Crippen LogP contribution in [-0.4, -0.2) is 25.8 Å². The van der Waals surface area contributed by atoms with Crippen molar-refractivity contribution in [2.45, 2.75) is 0 Å². The second-order valence-electron chi connectivity index (χ2n) is 6.32. The molecule has 0 aliphatic carbocycles. The number of halogens is 1. The third-order valence-corrected chi connectivity index (χ3v) is 4.55. The molecule has 4 rings (SSSR count). The van der Waals surface area contributed by atoms with Crippen molar-refractivity contribution in [1.29, 1.82) is 0 Å². The van der Waals surface area contributed by atoms with E-state index in [-0.39, 0.29) is 16.6 Å². The van der Waals surface area contributed by atoms with Gasteiger partial charge in [-0.15, -0.1) is 10.2 Å². The molecule has 1 heterocycles. The maximum Gasteiger partial charge on any atom is 0.288 e. The summed E-state index contributed by atoms with van der Waals surface area (Å²) in [7, 11) is 0. The van der Waals surface area contributed by atoms with Gasteiger partial charge in [0, 0.05) is 17.8 Å². The first-order valence-corrected chi connectivity index (χ1v) is 9.23. The molecule has 0 atom stereocenters. The second-order valence-corrected chi connectivity index (χ2v) is 6.73. The number of amides is 1. The monoisotopic (exact) mass is 419 g/mol. The van der Waals surface area contributed by atoms with E-state index < -0.39 is 4.92 Å². The molecule has 30 heavy (non-hydrogen) atoms. The van der Waals surface area contributed by atoms with E-state index in [0.717, 1.165) is 5.69 Å². The predicted molar refractivity (Wildman–Crippen MR) is 115 cm³/mol. The fraction of sp³-hybridized carbons (Fsp3) is 0. The van der Waals surface area contributed by atoms with Crippen molar-refractivity contribution in [2.24, 2.45) is 0 Å². The molecule has 0 bridgehead atoms. The van der Waals surface area contributed by atoms with Gasteiger partial charge < -0.3 is 5.32 Å². The minimum atomic E-state index is -0.572. The average Bonchev–Trinajstić information content (AvgIpc) is 3.17. The SMILES string of the molecule is O=C(/C=C/c1ccc(Cl)c([N+](=O)[O-])c1)Nc1ccc2nn(-c3ccccc3)nc2c1. The first-order chi connectivity index (χ1) is 14.5. The molecule has 148 valence electrons. The van der Waals surface area contributed by atoms with Gasteiger partial charge in [0.15, 0.2) is 0 Å². The Hall–Kier alpha value is -4.04. The highest BCUT2D eigenvalue weighted by Gasteiger charge is 2.12. The van der Waals surface area contributed by atoms with E-state index in [4.69, 9.17) is 11.6 Å². The van der Waals surface area contributed by atoms with Crippen molar-refractivity contribution < 1.29 is 9.72 Å². The predicted octanol–water partition coefficient (Wildman–Crippen LogP) is 4.63. The van der Waals surface area contributed by atoms with Crippen LogP contribution >= 0.6 is 11.6 Å². The number of anilines is 1. The van der Waals surface area contributed by atoms with E-state index in [9.17, 15) is 14.9 Å². The summed E-state index contributed by atoms with van der Waals surface area (Å²) in [5.41, 5.74) is 2.99. The van der Waals surface area contributed by atoms with E-state index in [1.54, 1.807) is 24.3 Å². The van der Waals surface area contributed by atoms with Crippen molar-refractivity contribution in [3.8, 4) is 5.69 Å². The van der Waals surface area contributed by atoms with Crippen LogP contribution in [0.4, 0.5) is 11.4 Å². The third-order valence-electron chi connectivity index (χ3n) is 4.23. The van der Waals surface area contributed by atoms with Gasteiger partial charge in [-0.1, -0.05) is 35.9 Å². The standard InChI is InChI=1S/C21H14ClN5O3/c22-17-9-6-14(12-20(17)27(29)30)7-11-21(28)23-15-8-10-18-19(13-15)25-26(24-18)16-4-2-1-3-5-16/h1-13H,(H,23,28)/b11-7+. The van der Waals surface area contributed by atoms with Gasteiger partial charge >= 0.3 is 0 Å². The van der Waals surface area contributed by atoms with Crippen LogP contribution in [0, 0.1) is 10.1 Å². The van der Waals surface area contributed by atoms with E-state index in [0.29, 0.717) is 22.3 Å². The Morgan fingerprint density at radius 1 is 1.03 bits per heavy atom. The Labute approximate surface area is 175 Å². The molecule has 0 aliphatic heterocycles. The van der Waals surface area contributed by atoms with Crippen LogP contribution in [0.5, 0.6) is 0 Å². The highest BCUT2D eigenvalue weighted by Crippen LogP contribution is 2.25. The number of nitro benzene ring substituents is 1. The molecule has 0 saturated carbocycles. The minimum Gasteiger partial charge on any atom is -0.322 e. The van der Waals surface area contributed by atoms with E-state index >= 15 is 0 Å². The maximum atomic E-state index is 12.2. The minimum absolute atomic E-state index is 0.0402. The molecular formula is C21H14ClN5O3. The van der Waals surface area contributed by atoms with Gasteiger partial charge in [0.25, 0.3) is 5.69 Å². The molecule has 9 heteroatoms. The molecule has 1 N–H and O–H groups in total. The van der Waals surface area contributed by atoms with Gasteiger partial charge in [-0.05, 0) is 48.0 Å². The quantitative estimate of drug-likeness (QED) is 0.288. The number of nitrogens with zero attached hydrogens (tertiary/aromatic N) is 4. The van der Waals surface area contributed by atoms with Gasteiger partial charge in [0.2, 0.25) is 5.91 Å². The van der Waals surface area contributed by atoms with E-state index in [1.165, 1.54) is 29.1 Å². The lowest BCUT2D eigenvalue weighted by molar-refractivity contribution is -0.384. The van der Waals surface area contributed by atoms with Gasteiger partial charge in [-0.2, -0.15) is 4.80 Å². The van der Waals surface area contributed by atoms with Crippen LogP contribution < -0.4 is 5.32 Å². The summed E-state index contributed by atoms with van der Waals surface area (Å²) in [6, 6.07) is 19.0. The molecule has 0 saturated heterocycles. The zero-order chi connectivity index (χ0) is 21.1. The molecular weight excluding hydrogens is 406 g/mol. The fourth-order valence-corrected chi connectivity index (χ4v) is 2.98. The smallest absolute Gasteiger partial charge is 0.288 e. The number of nitro groups is 1. The zero-order valence-electron chi connectivity index (χ0n) is 15.4. The summed E-state index contributed by atoms with van der Waals surface area (Å²) in [5.74, 6) is -0.387. The molecule has 0 spiro atoms. The first-order valence-electron chi connectivity index (χ1n) is 8.85. The highest BCUT2D eigenvalue weighted by atomic mass is 35.5. The number of carbonyl (C=O) groups excluding carboxylic acids is 1. The Bertz CT molecular complexity index is 1280. The number of hydrogen-bond acceptors (Lipinski definition) is 5. The summed E-state index contributed by atoms with van der Waals surface area (Å²) in [5, 5.41) is 22.6. The molecule has 0 aliphatic rings. The zero-order valence-corrected chi connectivity index (χ0v) is 16.2. The van der Waals surface area contributed by atoms with Gasteiger partial charge in [0.05, 0.1) is 10.6 Å². The molecule has 4 aromatic rings. The maximum absolute atomic E-state index is 12.2. The van der Waals surface area contributed by atoms with E-state index in [1.807, 2.05) is 30.3 Å².